The monoisotopic (exact) mass is 871 g/mol. The van der Waals surface area contributed by atoms with E-state index in [0.717, 1.165) is 84.3 Å². The summed E-state index contributed by atoms with van der Waals surface area (Å²) < 4.78 is 7.20. The van der Waals surface area contributed by atoms with Crippen LogP contribution in [-0.2, 0) is 0 Å². The van der Waals surface area contributed by atoms with E-state index in [0.29, 0.717) is 0 Å². The number of benzene rings is 9. The number of para-hydroxylation sites is 3. The Kier molecular flexibility index (Phi) is 8.58. The van der Waals surface area contributed by atoms with Gasteiger partial charge < -0.3 is 9.88 Å². The molecule has 0 radical (unpaired) electrons. The van der Waals surface area contributed by atoms with Crippen molar-refractivity contribution in [3.8, 4) is 39.6 Å². The molecule has 1 N–H and O–H groups in total. The molecule has 0 fully saturated rings. The van der Waals surface area contributed by atoms with Crippen molar-refractivity contribution < 1.29 is 0 Å². The van der Waals surface area contributed by atoms with Crippen LogP contribution in [0.1, 0.15) is 34.3 Å². The highest BCUT2D eigenvalue weighted by Crippen LogP contribution is 2.49. The average molecular weight is 872 g/mol. The molecule has 1 aliphatic heterocycles. The lowest BCUT2D eigenvalue weighted by Crippen LogP contribution is -2.36. The SMILES string of the molecule is c1ccc(C2=NC(c3ccccc3)NC(C3c4ccccc4-c4cc(-n5c6ccccc6c6ccc7c(c8c(nc(-c9ccccc9)n8-c8ccccc8)n7-c7ccccc7)c65)ccc43)=N2)cc1. The van der Waals surface area contributed by atoms with Crippen molar-refractivity contribution in [1.82, 2.24) is 24.0 Å². The van der Waals surface area contributed by atoms with Crippen molar-refractivity contribution in [1.29, 1.82) is 0 Å². The number of hydrogen-bond donors (Lipinski definition) is 1. The molecule has 4 heterocycles. The fourth-order valence-corrected chi connectivity index (χ4v) is 10.8. The van der Waals surface area contributed by atoms with Crippen LogP contribution in [0.3, 0.4) is 0 Å². The summed E-state index contributed by atoms with van der Waals surface area (Å²) in [5, 5.41) is 7.33. The Labute approximate surface area is 392 Å². The molecule has 2 atom stereocenters. The molecule has 0 bridgehead atoms. The minimum atomic E-state index is -0.291. The molecule has 12 aromatic rings. The van der Waals surface area contributed by atoms with Crippen LogP contribution in [0, 0.1) is 0 Å². The number of fused-ring (bicyclic) bond motifs is 10. The van der Waals surface area contributed by atoms with Crippen molar-refractivity contribution in [2.24, 2.45) is 9.98 Å². The Bertz CT molecular complexity index is 3980. The zero-order chi connectivity index (χ0) is 44.7. The first-order valence-electron chi connectivity index (χ1n) is 23.2. The maximum absolute atomic E-state index is 5.60. The topological polar surface area (TPSA) is 64.4 Å². The van der Waals surface area contributed by atoms with Crippen LogP contribution in [-0.4, -0.2) is 30.4 Å². The second-order valence-corrected chi connectivity index (χ2v) is 17.6. The second-order valence-electron chi connectivity index (χ2n) is 17.6. The molecule has 7 heteroatoms. The molecule has 7 nitrogen and oxygen atoms in total. The summed E-state index contributed by atoms with van der Waals surface area (Å²) in [7, 11) is 0. The van der Waals surface area contributed by atoms with E-state index in [1.54, 1.807) is 0 Å². The fraction of sp³-hybridized carbons (Fsp3) is 0.0328. The summed E-state index contributed by atoms with van der Waals surface area (Å²) in [6.45, 7) is 0. The van der Waals surface area contributed by atoms with Gasteiger partial charge in [0.1, 0.15) is 23.3 Å². The van der Waals surface area contributed by atoms with Crippen molar-refractivity contribution in [2.45, 2.75) is 12.1 Å². The van der Waals surface area contributed by atoms with Crippen LogP contribution in [0.25, 0.3) is 83.4 Å². The van der Waals surface area contributed by atoms with Crippen molar-refractivity contribution in [3.63, 3.8) is 0 Å². The summed E-state index contributed by atoms with van der Waals surface area (Å²) in [6.07, 6.45) is -0.291. The smallest absolute Gasteiger partial charge is 0.165 e. The number of nitrogens with one attached hydrogen (secondary N) is 1. The van der Waals surface area contributed by atoms with Crippen LogP contribution < -0.4 is 5.32 Å². The Balaban J connectivity index is 1.04. The van der Waals surface area contributed by atoms with E-state index < -0.39 is 0 Å². The highest BCUT2D eigenvalue weighted by atomic mass is 15.2. The highest BCUT2D eigenvalue weighted by molar-refractivity contribution is 6.26. The van der Waals surface area contributed by atoms with E-state index >= 15 is 0 Å². The molecular weight excluding hydrogens is 831 g/mol. The number of nitrogens with zero attached hydrogens (tertiary/aromatic N) is 6. The molecular formula is C61H41N7. The Morgan fingerprint density at radius 1 is 0.426 bits per heavy atom. The van der Waals surface area contributed by atoms with Gasteiger partial charge in [-0.15, -0.1) is 0 Å². The third-order valence-electron chi connectivity index (χ3n) is 13.8. The van der Waals surface area contributed by atoms with E-state index in [4.69, 9.17) is 15.0 Å². The minimum absolute atomic E-state index is 0.128. The van der Waals surface area contributed by atoms with Crippen LogP contribution in [0.4, 0.5) is 0 Å². The van der Waals surface area contributed by atoms with E-state index in [9.17, 15) is 0 Å². The van der Waals surface area contributed by atoms with Crippen molar-refractivity contribution in [2.75, 3.05) is 0 Å². The molecule has 0 saturated carbocycles. The molecule has 68 heavy (non-hydrogen) atoms. The number of aromatic nitrogens is 4. The van der Waals surface area contributed by atoms with Gasteiger partial charge in [-0.3, -0.25) is 9.13 Å². The van der Waals surface area contributed by atoms with Gasteiger partial charge in [-0.2, -0.15) is 0 Å². The predicted molar refractivity (Wildman–Crippen MR) is 278 cm³/mol. The molecule has 14 rings (SSSR count). The molecule has 0 amide bonds. The second kappa shape index (κ2) is 15.3. The van der Waals surface area contributed by atoms with Crippen molar-refractivity contribution in [3.05, 3.63) is 253 Å². The molecule has 2 aliphatic rings. The van der Waals surface area contributed by atoms with Crippen LogP contribution in [0.2, 0.25) is 0 Å². The molecule has 1 aliphatic carbocycles. The van der Waals surface area contributed by atoms with Crippen LogP contribution in [0.5, 0.6) is 0 Å². The number of rotatable bonds is 7. The fourth-order valence-electron chi connectivity index (χ4n) is 10.8. The quantitative estimate of drug-likeness (QED) is 0.173. The van der Waals surface area contributed by atoms with Gasteiger partial charge in [0.25, 0.3) is 0 Å². The lowest BCUT2D eigenvalue weighted by Gasteiger charge is -2.27. The number of hydrogen-bond acceptors (Lipinski definition) is 4. The standard InChI is InChI=1S/C61H41N7/c1-6-20-39(21-7-1)57-62-58(40-22-8-2-9-23-40)64-59(63-57)53-47-32-17-16-30-45(47)50-38-44(34-35-48(50)53)66-51-33-19-18-31-46(51)49-36-37-52-54(55(49)66)56-61(67(52)42-26-12-4-13-27-42)65-60(41-24-10-3-11-25-41)68(56)43-28-14-5-15-29-43/h1-38,53,57H,(H,62,63,64). The van der Waals surface area contributed by atoms with Gasteiger partial charge in [0.05, 0.1) is 27.9 Å². The van der Waals surface area contributed by atoms with Gasteiger partial charge in [-0.25, -0.2) is 15.0 Å². The third kappa shape index (κ3) is 5.82. The number of aliphatic imine (C=N–C) groups is 2. The largest absolute Gasteiger partial charge is 0.347 e. The normalized spacial score (nSPS) is 15.4. The first kappa shape index (κ1) is 38.2. The third-order valence-corrected chi connectivity index (χ3v) is 13.8. The maximum atomic E-state index is 5.60. The molecule has 0 spiro atoms. The lowest BCUT2D eigenvalue weighted by atomic mass is 9.94. The minimum Gasteiger partial charge on any atom is -0.347 e. The van der Waals surface area contributed by atoms with Gasteiger partial charge in [-0.1, -0.05) is 182 Å². The first-order valence-corrected chi connectivity index (χ1v) is 23.2. The zero-order valence-electron chi connectivity index (χ0n) is 36.8. The lowest BCUT2D eigenvalue weighted by molar-refractivity contribution is 0.660. The van der Waals surface area contributed by atoms with Crippen LogP contribution in [0.15, 0.2) is 241 Å². The summed E-state index contributed by atoms with van der Waals surface area (Å²) >= 11 is 0. The molecule has 320 valence electrons. The predicted octanol–water partition coefficient (Wildman–Crippen LogP) is 14.0. The van der Waals surface area contributed by atoms with Gasteiger partial charge in [0.2, 0.25) is 0 Å². The Hall–Kier alpha value is -9.07. The molecule has 0 saturated heterocycles. The van der Waals surface area contributed by atoms with E-state index in [1.165, 1.54) is 33.0 Å². The summed E-state index contributed by atoms with van der Waals surface area (Å²) in [4.78, 5) is 16.1. The van der Waals surface area contributed by atoms with Gasteiger partial charge in [-0.05, 0) is 76.3 Å². The first-order chi connectivity index (χ1) is 33.8. The molecule has 2 unspecified atom stereocenters. The summed E-state index contributed by atoms with van der Waals surface area (Å²) in [5.41, 5.74) is 16.5. The number of imidazole rings is 1. The van der Waals surface area contributed by atoms with Gasteiger partial charge >= 0.3 is 0 Å². The zero-order valence-corrected chi connectivity index (χ0v) is 36.8. The summed E-state index contributed by atoms with van der Waals surface area (Å²) in [5.74, 6) is 2.38. The van der Waals surface area contributed by atoms with Gasteiger partial charge in [0, 0.05) is 39.0 Å². The van der Waals surface area contributed by atoms with Crippen LogP contribution >= 0.6 is 0 Å². The van der Waals surface area contributed by atoms with E-state index in [1.807, 2.05) is 12.1 Å². The Morgan fingerprint density at radius 2 is 1.04 bits per heavy atom. The maximum Gasteiger partial charge on any atom is 0.165 e. The average Bonchev–Trinajstić information content (AvgIpc) is 4.15. The van der Waals surface area contributed by atoms with E-state index in [-0.39, 0.29) is 12.1 Å². The van der Waals surface area contributed by atoms with E-state index in [2.05, 4.69) is 237 Å². The molecule has 3 aromatic heterocycles. The van der Waals surface area contributed by atoms with Gasteiger partial charge in [0.15, 0.2) is 11.5 Å². The molecule has 9 aromatic carbocycles. The summed E-state index contributed by atoms with van der Waals surface area (Å²) in [6, 6.07) is 82.0. The Morgan fingerprint density at radius 3 is 1.79 bits per heavy atom. The van der Waals surface area contributed by atoms with Crippen molar-refractivity contribution >= 4 is 55.5 Å². The number of amidine groups is 2. The highest BCUT2D eigenvalue weighted by Gasteiger charge is 2.36.